The lowest BCUT2D eigenvalue weighted by molar-refractivity contribution is 0.753. The monoisotopic (exact) mass is 287 g/mol. The SMILES string of the molecule is CCc1nn(-c2cc(C)nc(C)n2)c(CC)c1CCNC. The second-order valence-electron chi connectivity index (χ2n) is 5.26. The van der Waals surface area contributed by atoms with E-state index in [1.807, 2.05) is 31.6 Å². The van der Waals surface area contributed by atoms with Gasteiger partial charge in [-0.15, -0.1) is 0 Å². The zero-order chi connectivity index (χ0) is 15.4. The van der Waals surface area contributed by atoms with Gasteiger partial charge < -0.3 is 5.32 Å². The van der Waals surface area contributed by atoms with Crippen molar-refractivity contribution >= 4 is 0 Å². The van der Waals surface area contributed by atoms with E-state index in [1.54, 1.807) is 0 Å². The summed E-state index contributed by atoms with van der Waals surface area (Å²) in [5, 5.41) is 8.03. The molecule has 0 atom stereocenters. The Labute approximate surface area is 126 Å². The van der Waals surface area contributed by atoms with Gasteiger partial charge >= 0.3 is 0 Å². The summed E-state index contributed by atoms with van der Waals surface area (Å²) in [5.41, 5.74) is 4.78. The van der Waals surface area contributed by atoms with Crippen molar-refractivity contribution in [2.45, 2.75) is 47.0 Å². The Morgan fingerprint density at radius 3 is 2.48 bits per heavy atom. The zero-order valence-electron chi connectivity index (χ0n) is 13.7. The molecule has 0 aliphatic rings. The van der Waals surface area contributed by atoms with Gasteiger partial charge in [-0.3, -0.25) is 0 Å². The van der Waals surface area contributed by atoms with Gasteiger partial charge in [0.05, 0.1) is 5.69 Å². The van der Waals surface area contributed by atoms with Crippen molar-refractivity contribution in [3.05, 3.63) is 34.5 Å². The summed E-state index contributed by atoms with van der Waals surface area (Å²) < 4.78 is 2.01. The number of rotatable bonds is 6. The van der Waals surface area contributed by atoms with Crippen LogP contribution in [0.1, 0.15) is 42.3 Å². The Hall–Kier alpha value is -1.75. The quantitative estimate of drug-likeness (QED) is 0.884. The number of nitrogens with one attached hydrogen (secondary N) is 1. The Morgan fingerprint density at radius 1 is 1.14 bits per heavy atom. The maximum absolute atomic E-state index is 4.80. The smallest absolute Gasteiger partial charge is 0.157 e. The second-order valence-corrected chi connectivity index (χ2v) is 5.26. The van der Waals surface area contributed by atoms with Gasteiger partial charge in [-0.1, -0.05) is 13.8 Å². The van der Waals surface area contributed by atoms with Crippen molar-refractivity contribution in [3.8, 4) is 5.82 Å². The Kier molecular flexibility index (Phi) is 5.07. The third-order valence-corrected chi connectivity index (χ3v) is 3.64. The fourth-order valence-corrected chi connectivity index (χ4v) is 2.72. The van der Waals surface area contributed by atoms with Gasteiger partial charge in [-0.05, 0) is 52.3 Å². The first-order valence-corrected chi connectivity index (χ1v) is 7.67. The molecule has 0 fully saturated rings. The average Bonchev–Trinajstić information content (AvgIpc) is 2.81. The van der Waals surface area contributed by atoms with Gasteiger partial charge in [0, 0.05) is 17.5 Å². The summed E-state index contributed by atoms with van der Waals surface area (Å²) in [6, 6.07) is 2.00. The van der Waals surface area contributed by atoms with E-state index in [9.17, 15) is 0 Å². The maximum atomic E-state index is 4.80. The van der Waals surface area contributed by atoms with Gasteiger partial charge in [0.2, 0.25) is 0 Å². The van der Waals surface area contributed by atoms with E-state index >= 15 is 0 Å². The summed E-state index contributed by atoms with van der Waals surface area (Å²) in [5.74, 6) is 1.67. The van der Waals surface area contributed by atoms with Crippen molar-refractivity contribution < 1.29 is 0 Å². The lowest BCUT2D eigenvalue weighted by Gasteiger charge is -2.08. The number of nitrogens with zero attached hydrogens (tertiary/aromatic N) is 4. The first-order chi connectivity index (χ1) is 10.1. The maximum Gasteiger partial charge on any atom is 0.157 e. The fraction of sp³-hybridized carbons (Fsp3) is 0.562. The first-order valence-electron chi connectivity index (χ1n) is 7.67. The minimum atomic E-state index is 0.789. The first kappa shape index (κ1) is 15.6. The van der Waals surface area contributed by atoms with Gasteiger partial charge in [0.1, 0.15) is 5.82 Å². The molecule has 0 unspecified atom stereocenters. The highest BCUT2D eigenvalue weighted by molar-refractivity contribution is 5.35. The van der Waals surface area contributed by atoms with Crippen molar-refractivity contribution in [1.29, 1.82) is 0 Å². The molecule has 1 N–H and O–H groups in total. The van der Waals surface area contributed by atoms with Crippen molar-refractivity contribution in [1.82, 2.24) is 25.1 Å². The Morgan fingerprint density at radius 2 is 1.90 bits per heavy atom. The molecule has 5 nitrogen and oxygen atoms in total. The van der Waals surface area contributed by atoms with Crippen LogP contribution >= 0.6 is 0 Å². The summed E-state index contributed by atoms with van der Waals surface area (Å²) in [6.07, 6.45) is 2.90. The minimum absolute atomic E-state index is 0.789. The number of hydrogen-bond donors (Lipinski definition) is 1. The van der Waals surface area contributed by atoms with Crippen LogP contribution in [0.15, 0.2) is 6.07 Å². The number of aromatic nitrogens is 4. The lowest BCUT2D eigenvalue weighted by Crippen LogP contribution is -2.12. The van der Waals surface area contributed by atoms with Crippen LogP contribution in [0, 0.1) is 13.8 Å². The predicted octanol–water partition coefficient (Wildman–Crippen LogP) is 2.17. The Balaban J connectivity index is 2.54. The van der Waals surface area contributed by atoms with Crippen LogP contribution in [0.25, 0.3) is 5.82 Å². The molecule has 0 aliphatic heterocycles. The highest BCUT2D eigenvalue weighted by Crippen LogP contribution is 2.20. The highest BCUT2D eigenvalue weighted by atomic mass is 15.3. The van der Waals surface area contributed by atoms with E-state index in [-0.39, 0.29) is 0 Å². The molecule has 0 amide bonds. The van der Waals surface area contributed by atoms with Crippen molar-refractivity contribution in [2.24, 2.45) is 0 Å². The van der Waals surface area contributed by atoms with E-state index in [0.29, 0.717) is 0 Å². The minimum Gasteiger partial charge on any atom is -0.319 e. The molecule has 2 aromatic heterocycles. The third kappa shape index (κ3) is 3.29. The van der Waals surface area contributed by atoms with Gasteiger partial charge in [0.15, 0.2) is 5.82 Å². The van der Waals surface area contributed by atoms with E-state index in [1.165, 1.54) is 17.0 Å². The molecule has 21 heavy (non-hydrogen) atoms. The van der Waals surface area contributed by atoms with Crippen LogP contribution in [-0.4, -0.2) is 33.3 Å². The van der Waals surface area contributed by atoms with Crippen LogP contribution in [0.5, 0.6) is 0 Å². The molecule has 114 valence electrons. The van der Waals surface area contributed by atoms with Crippen LogP contribution in [0.3, 0.4) is 0 Å². The Bertz CT molecular complexity index is 595. The van der Waals surface area contributed by atoms with Gasteiger partial charge in [-0.2, -0.15) is 5.10 Å². The molecule has 2 rings (SSSR count). The molecular formula is C16H25N5. The van der Waals surface area contributed by atoms with Crippen molar-refractivity contribution in [3.63, 3.8) is 0 Å². The highest BCUT2D eigenvalue weighted by Gasteiger charge is 2.17. The topological polar surface area (TPSA) is 55.6 Å². The molecule has 2 aromatic rings. The summed E-state index contributed by atoms with van der Waals surface area (Å²) in [4.78, 5) is 8.91. The van der Waals surface area contributed by atoms with Crippen LogP contribution < -0.4 is 5.32 Å². The predicted molar refractivity (Wildman–Crippen MR) is 85.0 cm³/mol. The van der Waals surface area contributed by atoms with E-state index < -0.39 is 0 Å². The van der Waals surface area contributed by atoms with E-state index in [0.717, 1.165) is 43.1 Å². The standard InChI is InChI=1S/C16H25N5/c1-6-14-13(8-9-17-5)15(7-2)21(20-14)16-10-11(3)18-12(4)19-16/h10,17H,6-9H2,1-5H3. The molecule has 0 saturated heterocycles. The van der Waals surface area contributed by atoms with Gasteiger partial charge in [-0.25, -0.2) is 14.6 Å². The molecule has 0 spiro atoms. The van der Waals surface area contributed by atoms with Crippen LogP contribution in [-0.2, 0) is 19.3 Å². The molecule has 0 aromatic carbocycles. The summed E-state index contributed by atoms with van der Waals surface area (Å²) in [7, 11) is 1.98. The molecule has 0 bridgehead atoms. The molecule has 0 saturated carbocycles. The molecule has 5 heteroatoms. The number of likely N-dealkylation sites (N-methyl/N-ethyl adjacent to an activating group) is 1. The van der Waals surface area contributed by atoms with Gasteiger partial charge in [0.25, 0.3) is 0 Å². The normalized spacial score (nSPS) is 11.1. The third-order valence-electron chi connectivity index (χ3n) is 3.64. The lowest BCUT2D eigenvalue weighted by atomic mass is 10.1. The van der Waals surface area contributed by atoms with E-state index in [4.69, 9.17) is 5.10 Å². The fourth-order valence-electron chi connectivity index (χ4n) is 2.72. The van der Waals surface area contributed by atoms with Crippen LogP contribution in [0.2, 0.25) is 0 Å². The molecule has 0 radical (unpaired) electrons. The zero-order valence-corrected chi connectivity index (χ0v) is 13.7. The number of hydrogen-bond acceptors (Lipinski definition) is 4. The second kappa shape index (κ2) is 6.80. The van der Waals surface area contributed by atoms with Crippen LogP contribution in [0.4, 0.5) is 0 Å². The molecule has 2 heterocycles. The molecule has 0 aliphatic carbocycles. The van der Waals surface area contributed by atoms with Crippen molar-refractivity contribution in [2.75, 3.05) is 13.6 Å². The largest absolute Gasteiger partial charge is 0.319 e. The molecular weight excluding hydrogens is 262 g/mol. The summed E-state index contributed by atoms with van der Waals surface area (Å²) >= 11 is 0. The van der Waals surface area contributed by atoms with E-state index in [2.05, 4.69) is 29.1 Å². The number of aryl methyl sites for hydroxylation is 3. The average molecular weight is 287 g/mol. The summed E-state index contributed by atoms with van der Waals surface area (Å²) in [6.45, 7) is 9.22.